The first kappa shape index (κ1) is 14.7. The largest absolute Gasteiger partial charge is 0.463 e. The lowest BCUT2D eigenvalue weighted by Crippen LogP contribution is -2.58. The third-order valence-corrected chi connectivity index (χ3v) is 2.96. The second-order valence-electron chi connectivity index (χ2n) is 4.40. The van der Waals surface area contributed by atoms with Crippen molar-refractivity contribution in [1.29, 1.82) is 0 Å². The van der Waals surface area contributed by atoms with E-state index < -0.39 is 10.9 Å². The van der Waals surface area contributed by atoms with Gasteiger partial charge in [-0.25, -0.2) is 15.2 Å². The maximum Gasteiger partial charge on any atom is 0.377 e. The number of hydrogen-bond acceptors (Lipinski definition) is 8. The summed E-state index contributed by atoms with van der Waals surface area (Å²) in [5.74, 6) is -0.488. The summed E-state index contributed by atoms with van der Waals surface area (Å²) < 4.78 is 4.66. The van der Waals surface area contributed by atoms with Gasteiger partial charge >= 0.3 is 5.97 Å². The number of amidine groups is 1. The standard InChI is InChI=1S/C12H15N5O4/c1-8-13-15(2)11(12(18)21-3)14-16(8)9-4-6-10(7-5-9)17(19)20/h4-8,13H,1-3H3. The molecule has 2 rings (SSSR count). The van der Waals surface area contributed by atoms with E-state index >= 15 is 0 Å². The molecule has 0 spiro atoms. The number of nitrogens with zero attached hydrogens (tertiary/aromatic N) is 4. The number of hydrogen-bond donors (Lipinski definition) is 1. The first-order chi connectivity index (χ1) is 9.93. The fourth-order valence-corrected chi connectivity index (χ4v) is 1.93. The Kier molecular flexibility index (Phi) is 4.03. The first-order valence-corrected chi connectivity index (χ1v) is 6.14. The Hall–Kier alpha value is -2.68. The maximum absolute atomic E-state index is 11.7. The zero-order valence-electron chi connectivity index (χ0n) is 11.8. The molecule has 112 valence electrons. The minimum atomic E-state index is -0.580. The summed E-state index contributed by atoms with van der Waals surface area (Å²) in [5, 5.41) is 17.9. The fraction of sp³-hybridized carbons (Fsp3) is 0.333. The molecule has 0 fully saturated rings. The van der Waals surface area contributed by atoms with E-state index in [1.165, 1.54) is 24.3 Å². The molecular formula is C12H15N5O4. The van der Waals surface area contributed by atoms with Gasteiger partial charge < -0.3 is 4.74 Å². The van der Waals surface area contributed by atoms with Crippen LogP contribution in [-0.4, -0.2) is 42.1 Å². The number of methoxy groups -OCH3 is 1. The van der Waals surface area contributed by atoms with Crippen molar-refractivity contribution in [3.8, 4) is 0 Å². The van der Waals surface area contributed by atoms with Gasteiger partial charge in [0.2, 0.25) is 5.84 Å². The molecule has 1 aliphatic rings. The number of nitrogens with one attached hydrogen (secondary N) is 1. The van der Waals surface area contributed by atoms with Crippen molar-refractivity contribution >= 4 is 23.2 Å². The van der Waals surface area contributed by atoms with E-state index in [1.807, 2.05) is 6.92 Å². The minimum Gasteiger partial charge on any atom is -0.463 e. The van der Waals surface area contributed by atoms with Gasteiger partial charge in [0.25, 0.3) is 5.69 Å². The highest BCUT2D eigenvalue weighted by molar-refractivity contribution is 6.35. The second-order valence-corrected chi connectivity index (χ2v) is 4.40. The van der Waals surface area contributed by atoms with Gasteiger partial charge in [-0.1, -0.05) is 0 Å². The lowest BCUT2D eigenvalue weighted by Gasteiger charge is -2.36. The molecule has 1 heterocycles. The number of ether oxygens (including phenoxy) is 1. The Morgan fingerprint density at radius 1 is 1.43 bits per heavy atom. The highest BCUT2D eigenvalue weighted by atomic mass is 16.6. The number of anilines is 1. The van der Waals surface area contributed by atoms with E-state index in [9.17, 15) is 14.9 Å². The van der Waals surface area contributed by atoms with Gasteiger partial charge in [-0.15, -0.1) is 5.10 Å². The minimum absolute atomic E-state index is 0.00865. The topological polar surface area (TPSA) is 100 Å². The fourth-order valence-electron chi connectivity index (χ4n) is 1.93. The molecule has 0 saturated carbocycles. The van der Waals surface area contributed by atoms with Gasteiger partial charge in [-0.3, -0.25) is 15.1 Å². The Labute approximate surface area is 120 Å². The molecule has 0 aromatic heterocycles. The molecule has 21 heavy (non-hydrogen) atoms. The molecule has 0 saturated heterocycles. The molecule has 0 radical (unpaired) electrons. The molecule has 1 aromatic rings. The number of esters is 1. The van der Waals surface area contributed by atoms with E-state index in [0.717, 1.165) is 0 Å². The molecule has 9 nitrogen and oxygen atoms in total. The number of hydrazine groups is 1. The van der Waals surface area contributed by atoms with Crippen molar-refractivity contribution in [2.75, 3.05) is 19.2 Å². The lowest BCUT2D eigenvalue weighted by atomic mass is 10.2. The Morgan fingerprint density at radius 2 is 2.05 bits per heavy atom. The summed E-state index contributed by atoms with van der Waals surface area (Å²) in [6.07, 6.45) is -0.232. The number of carbonyl (C=O) groups excluding carboxylic acids is 1. The zero-order chi connectivity index (χ0) is 15.6. The van der Waals surface area contributed by atoms with Crippen LogP contribution in [0.2, 0.25) is 0 Å². The third-order valence-electron chi connectivity index (χ3n) is 2.96. The average molecular weight is 293 g/mol. The Bertz CT molecular complexity index is 586. The van der Waals surface area contributed by atoms with Gasteiger partial charge in [0.05, 0.1) is 17.7 Å². The van der Waals surface area contributed by atoms with Crippen LogP contribution in [-0.2, 0) is 9.53 Å². The monoisotopic (exact) mass is 293 g/mol. The van der Waals surface area contributed by atoms with E-state index in [4.69, 9.17) is 0 Å². The van der Waals surface area contributed by atoms with E-state index in [2.05, 4.69) is 15.3 Å². The van der Waals surface area contributed by atoms with Crippen LogP contribution in [0, 0.1) is 10.1 Å². The van der Waals surface area contributed by atoms with Crippen LogP contribution in [0.3, 0.4) is 0 Å². The highest BCUT2D eigenvalue weighted by Gasteiger charge is 2.28. The Balaban J connectivity index is 2.34. The number of non-ortho nitro benzene ring substituents is 1. The molecule has 1 unspecified atom stereocenters. The Morgan fingerprint density at radius 3 is 2.57 bits per heavy atom. The van der Waals surface area contributed by atoms with Crippen LogP contribution in [0.15, 0.2) is 29.4 Å². The number of nitro groups is 1. The number of rotatable bonds is 3. The van der Waals surface area contributed by atoms with Gasteiger partial charge in [0, 0.05) is 19.2 Å². The summed E-state index contributed by atoms with van der Waals surface area (Å²) >= 11 is 0. The first-order valence-electron chi connectivity index (χ1n) is 6.14. The quantitative estimate of drug-likeness (QED) is 0.497. The lowest BCUT2D eigenvalue weighted by molar-refractivity contribution is -0.384. The highest BCUT2D eigenvalue weighted by Crippen LogP contribution is 2.22. The normalized spacial score (nSPS) is 18.2. The van der Waals surface area contributed by atoms with Crippen LogP contribution in [0.4, 0.5) is 11.4 Å². The zero-order valence-corrected chi connectivity index (χ0v) is 11.8. The van der Waals surface area contributed by atoms with Crippen molar-refractivity contribution in [2.24, 2.45) is 5.10 Å². The van der Waals surface area contributed by atoms with Crippen LogP contribution in [0.25, 0.3) is 0 Å². The predicted molar refractivity (Wildman–Crippen MR) is 75.4 cm³/mol. The molecule has 1 atom stereocenters. The van der Waals surface area contributed by atoms with Crippen molar-refractivity contribution in [3.05, 3.63) is 34.4 Å². The number of benzene rings is 1. The van der Waals surface area contributed by atoms with E-state index in [0.29, 0.717) is 5.69 Å². The number of likely N-dealkylation sites (N-methyl/N-ethyl adjacent to an activating group) is 1. The van der Waals surface area contributed by atoms with Crippen LogP contribution < -0.4 is 10.4 Å². The number of hydrazone groups is 1. The van der Waals surface area contributed by atoms with Gasteiger partial charge in [0.15, 0.2) is 0 Å². The summed E-state index contributed by atoms with van der Waals surface area (Å²) in [4.78, 5) is 21.8. The third kappa shape index (κ3) is 2.92. The molecule has 0 aliphatic carbocycles. The van der Waals surface area contributed by atoms with Crippen molar-refractivity contribution in [2.45, 2.75) is 13.1 Å². The molecule has 1 aliphatic heterocycles. The van der Waals surface area contributed by atoms with Gasteiger partial charge in [-0.2, -0.15) is 0 Å². The summed E-state index contributed by atoms with van der Waals surface area (Å²) in [6.45, 7) is 1.84. The molecule has 1 N–H and O–H groups in total. The molecule has 0 amide bonds. The molecular weight excluding hydrogens is 278 g/mol. The van der Waals surface area contributed by atoms with Gasteiger partial charge in [0.1, 0.15) is 6.17 Å². The average Bonchev–Trinajstić information content (AvgIpc) is 2.47. The van der Waals surface area contributed by atoms with Crippen molar-refractivity contribution < 1.29 is 14.5 Å². The number of carbonyl (C=O) groups is 1. The van der Waals surface area contributed by atoms with E-state index in [1.54, 1.807) is 24.2 Å². The van der Waals surface area contributed by atoms with Gasteiger partial charge in [-0.05, 0) is 19.1 Å². The molecule has 9 heteroatoms. The molecule has 0 bridgehead atoms. The summed E-state index contributed by atoms with van der Waals surface area (Å²) in [7, 11) is 2.92. The second kappa shape index (κ2) is 5.75. The summed E-state index contributed by atoms with van der Waals surface area (Å²) in [6, 6.07) is 5.90. The SMILES string of the molecule is COC(=O)C1=NN(c2ccc([N+](=O)[O-])cc2)C(C)NN1C. The van der Waals surface area contributed by atoms with E-state index in [-0.39, 0.29) is 17.7 Å². The van der Waals surface area contributed by atoms with Crippen molar-refractivity contribution in [3.63, 3.8) is 0 Å². The molecule has 1 aromatic carbocycles. The number of nitro benzene ring substituents is 1. The smallest absolute Gasteiger partial charge is 0.377 e. The van der Waals surface area contributed by atoms with Crippen LogP contribution in [0.5, 0.6) is 0 Å². The summed E-state index contributed by atoms with van der Waals surface area (Å²) in [5.41, 5.74) is 3.64. The maximum atomic E-state index is 11.7. The van der Waals surface area contributed by atoms with Crippen LogP contribution >= 0.6 is 0 Å². The van der Waals surface area contributed by atoms with Crippen molar-refractivity contribution in [1.82, 2.24) is 10.4 Å². The van der Waals surface area contributed by atoms with Crippen LogP contribution in [0.1, 0.15) is 6.92 Å². The predicted octanol–water partition coefficient (Wildman–Crippen LogP) is 0.684.